The maximum atomic E-state index is 12.8. The summed E-state index contributed by atoms with van der Waals surface area (Å²) in [4.78, 5) is 10.2. The molecule has 0 fully saturated rings. The normalized spacial score (nSPS) is 10.1. The zero-order valence-corrected chi connectivity index (χ0v) is 7.53. The number of aliphatic carboxylic acids is 1. The second-order valence-electron chi connectivity index (χ2n) is 3.03. The van der Waals surface area contributed by atoms with E-state index in [1.54, 1.807) is 6.07 Å². The maximum Gasteiger partial charge on any atom is 0.303 e. The van der Waals surface area contributed by atoms with E-state index in [0.717, 1.165) is 0 Å². The van der Waals surface area contributed by atoms with Crippen molar-refractivity contribution in [2.75, 3.05) is 0 Å². The van der Waals surface area contributed by atoms with Crippen LogP contribution in [0.2, 0.25) is 0 Å². The van der Waals surface area contributed by atoms with Crippen molar-refractivity contribution in [3.63, 3.8) is 0 Å². The van der Waals surface area contributed by atoms with Gasteiger partial charge in [0.25, 0.3) is 0 Å². The van der Waals surface area contributed by atoms with Crippen LogP contribution in [-0.4, -0.2) is 16.2 Å². The summed E-state index contributed by atoms with van der Waals surface area (Å²) in [5, 5.41) is 17.3. The number of rotatable bonds is 4. The van der Waals surface area contributed by atoms with E-state index in [-0.39, 0.29) is 12.2 Å². The van der Waals surface area contributed by atoms with E-state index in [1.165, 1.54) is 12.1 Å². The SMILES string of the molecule is O=C(O)CCCc1ccc(O)c(F)c1. The van der Waals surface area contributed by atoms with Gasteiger partial charge in [-0.1, -0.05) is 6.07 Å². The fraction of sp³-hybridized carbons (Fsp3) is 0.300. The summed E-state index contributed by atoms with van der Waals surface area (Å²) in [5.74, 6) is -1.91. The van der Waals surface area contributed by atoms with E-state index in [4.69, 9.17) is 10.2 Å². The van der Waals surface area contributed by atoms with Crippen molar-refractivity contribution in [3.8, 4) is 5.75 Å². The molecule has 3 nitrogen and oxygen atoms in total. The average molecular weight is 198 g/mol. The zero-order chi connectivity index (χ0) is 10.6. The molecule has 4 heteroatoms. The molecule has 76 valence electrons. The lowest BCUT2D eigenvalue weighted by atomic mass is 10.1. The van der Waals surface area contributed by atoms with Gasteiger partial charge < -0.3 is 10.2 Å². The fourth-order valence-electron chi connectivity index (χ4n) is 1.15. The number of hydrogen-bond acceptors (Lipinski definition) is 2. The number of aromatic hydroxyl groups is 1. The second kappa shape index (κ2) is 4.60. The molecule has 0 saturated carbocycles. The van der Waals surface area contributed by atoms with E-state index >= 15 is 0 Å². The molecule has 1 rings (SSSR count). The molecule has 1 aromatic carbocycles. The molecule has 14 heavy (non-hydrogen) atoms. The van der Waals surface area contributed by atoms with Crippen LogP contribution in [0.1, 0.15) is 18.4 Å². The number of benzene rings is 1. The van der Waals surface area contributed by atoms with Gasteiger partial charge in [0.15, 0.2) is 11.6 Å². The number of phenolic OH excluding ortho intramolecular Hbond substituents is 1. The summed E-state index contributed by atoms with van der Waals surface area (Å²) >= 11 is 0. The molecule has 0 aliphatic heterocycles. The Hall–Kier alpha value is -1.58. The van der Waals surface area contributed by atoms with Crippen LogP contribution in [0.5, 0.6) is 5.75 Å². The summed E-state index contributed by atoms with van der Waals surface area (Å²) in [6, 6.07) is 4.07. The third kappa shape index (κ3) is 3.05. The molecular formula is C10H11FO3. The smallest absolute Gasteiger partial charge is 0.303 e. The van der Waals surface area contributed by atoms with Crippen LogP contribution < -0.4 is 0 Å². The van der Waals surface area contributed by atoms with Crippen molar-refractivity contribution < 1.29 is 19.4 Å². The van der Waals surface area contributed by atoms with Gasteiger partial charge in [0.1, 0.15) is 0 Å². The van der Waals surface area contributed by atoms with Crippen molar-refractivity contribution in [3.05, 3.63) is 29.6 Å². The molecule has 2 N–H and O–H groups in total. The van der Waals surface area contributed by atoms with Crippen molar-refractivity contribution in [2.45, 2.75) is 19.3 Å². The lowest BCUT2D eigenvalue weighted by molar-refractivity contribution is -0.137. The average Bonchev–Trinajstić information content (AvgIpc) is 2.10. The van der Waals surface area contributed by atoms with Crippen LogP contribution in [-0.2, 0) is 11.2 Å². The highest BCUT2D eigenvalue weighted by Crippen LogP contribution is 2.17. The van der Waals surface area contributed by atoms with Crippen LogP contribution >= 0.6 is 0 Å². The molecule has 0 atom stereocenters. The maximum absolute atomic E-state index is 12.8. The first-order valence-electron chi connectivity index (χ1n) is 4.29. The number of phenols is 1. The minimum atomic E-state index is -0.857. The molecule has 0 aromatic heterocycles. The zero-order valence-electron chi connectivity index (χ0n) is 7.53. The van der Waals surface area contributed by atoms with Gasteiger partial charge in [-0.3, -0.25) is 4.79 Å². The molecule has 0 radical (unpaired) electrons. The minimum Gasteiger partial charge on any atom is -0.505 e. The highest BCUT2D eigenvalue weighted by Gasteiger charge is 2.02. The first-order chi connectivity index (χ1) is 6.59. The molecule has 0 unspecified atom stereocenters. The Bertz CT molecular complexity index is 336. The monoisotopic (exact) mass is 198 g/mol. The van der Waals surface area contributed by atoms with Gasteiger partial charge in [0, 0.05) is 6.42 Å². The number of aryl methyl sites for hydroxylation is 1. The molecule has 0 saturated heterocycles. The Morgan fingerprint density at radius 1 is 1.43 bits per heavy atom. The highest BCUT2D eigenvalue weighted by molar-refractivity contribution is 5.66. The van der Waals surface area contributed by atoms with E-state index < -0.39 is 11.8 Å². The molecule has 0 bridgehead atoms. The van der Waals surface area contributed by atoms with Crippen LogP contribution in [0.15, 0.2) is 18.2 Å². The summed E-state index contributed by atoms with van der Waals surface area (Å²) in [6.07, 6.45) is 1.05. The quantitative estimate of drug-likeness (QED) is 0.777. The lowest BCUT2D eigenvalue weighted by Crippen LogP contribution is -1.96. The first-order valence-corrected chi connectivity index (χ1v) is 4.29. The van der Waals surface area contributed by atoms with Crippen molar-refractivity contribution in [1.29, 1.82) is 0 Å². The number of carboxylic acid groups (broad SMARTS) is 1. The topological polar surface area (TPSA) is 57.5 Å². The summed E-state index contributed by atoms with van der Waals surface area (Å²) in [5.41, 5.74) is 0.696. The van der Waals surface area contributed by atoms with Gasteiger partial charge in [0.2, 0.25) is 0 Å². The van der Waals surface area contributed by atoms with E-state index in [2.05, 4.69) is 0 Å². The Labute approximate surface area is 80.8 Å². The number of carboxylic acids is 1. The first kappa shape index (κ1) is 10.5. The van der Waals surface area contributed by atoms with Crippen LogP contribution in [0.25, 0.3) is 0 Å². The Kier molecular flexibility index (Phi) is 3.45. The standard InChI is InChI=1S/C10H11FO3/c11-8-6-7(4-5-9(8)12)2-1-3-10(13)14/h4-6,12H,1-3H2,(H,13,14). The third-order valence-electron chi connectivity index (χ3n) is 1.87. The predicted molar refractivity (Wildman–Crippen MR) is 48.6 cm³/mol. The van der Waals surface area contributed by atoms with E-state index in [0.29, 0.717) is 18.4 Å². The molecule has 1 aromatic rings. The lowest BCUT2D eigenvalue weighted by Gasteiger charge is -2.01. The number of carbonyl (C=O) groups is 1. The fourth-order valence-corrected chi connectivity index (χ4v) is 1.15. The molecule has 0 aliphatic carbocycles. The molecule has 0 aliphatic rings. The van der Waals surface area contributed by atoms with Crippen molar-refractivity contribution in [1.82, 2.24) is 0 Å². The van der Waals surface area contributed by atoms with Gasteiger partial charge in [-0.15, -0.1) is 0 Å². The summed E-state index contributed by atoms with van der Waals surface area (Å²) < 4.78 is 12.8. The van der Waals surface area contributed by atoms with E-state index in [1.807, 2.05) is 0 Å². The third-order valence-corrected chi connectivity index (χ3v) is 1.87. The summed E-state index contributed by atoms with van der Waals surface area (Å²) in [7, 11) is 0. The molecule has 0 amide bonds. The van der Waals surface area contributed by atoms with Crippen LogP contribution in [0.3, 0.4) is 0 Å². The van der Waals surface area contributed by atoms with Crippen molar-refractivity contribution in [2.24, 2.45) is 0 Å². The highest BCUT2D eigenvalue weighted by atomic mass is 19.1. The van der Waals surface area contributed by atoms with Gasteiger partial charge in [-0.05, 0) is 30.5 Å². The Morgan fingerprint density at radius 2 is 2.14 bits per heavy atom. The van der Waals surface area contributed by atoms with E-state index in [9.17, 15) is 9.18 Å². The molecular weight excluding hydrogens is 187 g/mol. The van der Waals surface area contributed by atoms with Gasteiger partial charge in [-0.25, -0.2) is 4.39 Å². The van der Waals surface area contributed by atoms with Crippen LogP contribution in [0, 0.1) is 5.82 Å². The van der Waals surface area contributed by atoms with Gasteiger partial charge in [-0.2, -0.15) is 0 Å². The van der Waals surface area contributed by atoms with Crippen LogP contribution in [0.4, 0.5) is 4.39 Å². The second-order valence-corrected chi connectivity index (χ2v) is 3.03. The molecule has 0 heterocycles. The Morgan fingerprint density at radius 3 is 2.71 bits per heavy atom. The summed E-state index contributed by atoms with van der Waals surface area (Å²) in [6.45, 7) is 0. The number of hydrogen-bond donors (Lipinski definition) is 2. The Balaban J connectivity index is 2.51. The van der Waals surface area contributed by atoms with Crippen molar-refractivity contribution >= 4 is 5.97 Å². The minimum absolute atomic E-state index is 0.0719. The largest absolute Gasteiger partial charge is 0.505 e. The van der Waals surface area contributed by atoms with Gasteiger partial charge >= 0.3 is 5.97 Å². The predicted octanol–water partition coefficient (Wildman–Crippen LogP) is 1.94. The molecule has 0 spiro atoms. The van der Waals surface area contributed by atoms with Gasteiger partial charge in [0.05, 0.1) is 0 Å². The number of halogens is 1.